The quantitative estimate of drug-likeness (QED) is 0.771. The van der Waals surface area contributed by atoms with Crippen molar-refractivity contribution < 1.29 is 9.90 Å². The average Bonchev–Trinajstić information content (AvgIpc) is 2.25. The number of rotatable bonds is 5. The Morgan fingerprint density at radius 3 is 2.88 bits per heavy atom. The third-order valence-electron chi connectivity index (χ3n) is 2.36. The number of hydrogen-bond acceptors (Lipinski definition) is 4. The van der Waals surface area contributed by atoms with Gasteiger partial charge in [-0.05, 0) is 20.0 Å². The molecule has 0 fully saturated rings. The Bertz CT molecular complexity index is 379. The lowest BCUT2D eigenvalue weighted by molar-refractivity contribution is 0.0697. The molecule has 1 rings (SSSR count). The molecular formula is C11H17N3O2. The van der Waals surface area contributed by atoms with Crippen LogP contribution >= 0.6 is 0 Å². The van der Waals surface area contributed by atoms with E-state index in [1.807, 2.05) is 25.9 Å². The Balaban J connectivity index is 2.99. The fourth-order valence-electron chi connectivity index (χ4n) is 1.43. The van der Waals surface area contributed by atoms with E-state index < -0.39 is 5.97 Å². The maximum Gasteiger partial charge on any atom is 0.339 e. The van der Waals surface area contributed by atoms with Crippen LogP contribution in [0.25, 0.3) is 0 Å². The highest BCUT2D eigenvalue weighted by Gasteiger charge is 2.13. The number of nitrogens with zero attached hydrogens (tertiary/aromatic N) is 2. The lowest BCUT2D eigenvalue weighted by atomic mass is 10.2. The number of carboxylic acids is 1. The van der Waals surface area contributed by atoms with Gasteiger partial charge in [-0.1, -0.05) is 0 Å². The van der Waals surface area contributed by atoms with Crippen LogP contribution in [-0.2, 0) is 0 Å². The molecular weight excluding hydrogens is 206 g/mol. The second kappa shape index (κ2) is 5.46. The summed E-state index contributed by atoms with van der Waals surface area (Å²) in [5, 5.41) is 12.1. The predicted octanol–water partition coefficient (Wildman–Crippen LogP) is 0.744. The van der Waals surface area contributed by atoms with Gasteiger partial charge < -0.3 is 15.3 Å². The molecule has 1 aromatic heterocycles. The van der Waals surface area contributed by atoms with Crippen LogP contribution in [0.2, 0.25) is 0 Å². The molecule has 0 saturated carbocycles. The van der Waals surface area contributed by atoms with Gasteiger partial charge in [0, 0.05) is 32.0 Å². The van der Waals surface area contributed by atoms with E-state index in [9.17, 15) is 4.79 Å². The first-order valence-corrected chi connectivity index (χ1v) is 5.12. The van der Waals surface area contributed by atoms with Gasteiger partial charge in [0.2, 0.25) is 0 Å². The first-order valence-electron chi connectivity index (χ1n) is 5.12. The molecule has 5 nitrogen and oxygen atoms in total. The lowest BCUT2D eigenvalue weighted by Gasteiger charge is -2.21. The van der Waals surface area contributed by atoms with E-state index in [0.29, 0.717) is 5.69 Å². The molecule has 0 amide bonds. The van der Waals surface area contributed by atoms with Crippen molar-refractivity contribution in [3.63, 3.8) is 0 Å². The first-order chi connectivity index (χ1) is 7.56. The van der Waals surface area contributed by atoms with E-state index >= 15 is 0 Å². The Morgan fingerprint density at radius 1 is 1.62 bits per heavy atom. The molecule has 0 unspecified atom stereocenters. The van der Waals surface area contributed by atoms with E-state index in [1.54, 1.807) is 6.07 Å². The Morgan fingerprint density at radius 2 is 2.31 bits per heavy atom. The van der Waals surface area contributed by atoms with Gasteiger partial charge in [0.15, 0.2) is 0 Å². The fraction of sp³-hybridized carbons (Fsp3) is 0.455. The molecule has 2 N–H and O–H groups in total. The number of carbonyl (C=O) groups is 1. The van der Waals surface area contributed by atoms with Gasteiger partial charge in [-0.25, -0.2) is 4.79 Å². The van der Waals surface area contributed by atoms with Gasteiger partial charge in [0.05, 0.1) is 5.69 Å². The monoisotopic (exact) mass is 223 g/mol. The fourth-order valence-corrected chi connectivity index (χ4v) is 1.43. The van der Waals surface area contributed by atoms with Gasteiger partial charge in [0.1, 0.15) is 5.56 Å². The number of aromatic nitrogens is 1. The van der Waals surface area contributed by atoms with Crippen LogP contribution in [0.5, 0.6) is 0 Å². The van der Waals surface area contributed by atoms with Crippen molar-refractivity contribution in [2.24, 2.45) is 0 Å². The van der Waals surface area contributed by atoms with Gasteiger partial charge in [-0.3, -0.25) is 4.98 Å². The van der Waals surface area contributed by atoms with Crippen molar-refractivity contribution in [3.8, 4) is 0 Å². The third-order valence-corrected chi connectivity index (χ3v) is 2.36. The third kappa shape index (κ3) is 2.93. The minimum absolute atomic E-state index is 0.240. The molecule has 0 spiro atoms. The summed E-state index contributed by atoms with van der Waals surface area (Å²) in [6.45, 7) is 3.40. The topological polar surface area (TPSA) is 65.5 Å². The molecule has 1 heterocycles. The summed E-state index contributed by atoms with van der Waals surface area (Å²) >= 11 is 0. The molecule has 16 heavy (non-hydrogen) atoms. The zero-order chi connectivity index (χ0) is 12.1. The van der Waals surface area contributed by atoms with Crippen molar-refractivity contribution in [3.05, 3.63) is 23.5 Å². The molecule has 0 saturated heterocycles. The SMILES string of the molecule is CNCCN(C)c1cc(C)ncc1C(=O)O. The molecule has 0 atom stereocenters. The summed E-state index contributed by atoms with van der Waals surface area (Å²) in [7, 11) is 3.74. The second-order valence-electron chi connectivity index (χ2n) is 3.67. The normalized spacial score (nSPS) is 10.2. The van der Waals surface area contributed by atoms with Crippen LogP contribution in [-0.4, -0.2) is 43.2 Å². The summed E-state index contributed by atoms with van der Waals surface area (Å²) in [4.78, 5) is 16.9. The summed E-state index contributed by atoms with van der Waals surface area (Å²) in [6, 6.07) is 1.79. The lowest BCUT2D eigenvalue weighted by Crippen LogP contribution is -2.28. The highest BCUT2D eigenvalue weighted by Crippen LogP contribution is 2.19. The maximum atomic E-state index is 11.0. The first kappa shape index (κ1) is 12.4. The van der Waals surface area contributed by atoms with Crippen LogP contribution < -0.4 is 10.2 Å². The summed E-state index contributed by atoms with van der Waals surface area (Å²) < 4.78 is 0. The molecule has 88 valence electrons. The zero-order valence-electron chi connectivity index (χ0n) is 9.82. The van der Waals surface area contributed by atoms with Crippen molar-refractivity contribution in [1.82, 2.24) is 10.3 Å². The number of likely N-dealkylation sites (N-methyl/N-ethyl adjacent to an activating group) is 2. The largest absolute Gasteiger partial charge is 0.478 e. The smallest absolute Gasteiger partial charge is 0.339 e. The summed E-state index contributed by atoms with van der Waals surface area (Å²) in [5.74, 6) is -0.946. The minimum Gasteiger partial charge on any atom is -0.478 e. The summed E-state index contributed by atoms with van der Waals surface area (Å²) in [6.07, 6.45) is 1.41. The Kier molecular flexibility index (Phi) is 4.25. The van der Waals surface area contributed by atoms with E-state index in [-0.39, 0.29) is 5.56 Å². The van der Waals surface area contributed by atoms with E-state index in [0.717, 1.165) is 18.8 Å². The Labute approximate surface area is 95.1 Å². The van der Waals surface area contributed by atoms with E-state index in [2.05, 4.69) is 10.3 Å². The van der Waals surface area contributed by atoms with Crippen LogP contribution in [0.15, 0.2) is 12.3 Å². The van der Waals surface area contributed by atoms with E-state index in [1.165, 1.54) is 6.20 Å². The molecule has 0 aliphatic heterocycles. The highest BCUT2D eigenvalue weighted by atomic mass is 16.4. The van der Waals surface area contributed by atoms with Crippen molar-refractivity contribution in [2.45, 2.75) is 6.92 Å². The molecule has 1 aromatic rings. The average molecular weight is 223 g/mol. The number of pyridine rings is 1. The molecule has 0 aromatic carbocycles. The number of hydrogen-bond donors (Lipinski definition) is 2. The minimum atomic E-state index is -0.946. The zero-order valence-corrected chi connectivity index (χ0v) is 9.82. The van der Waals surface area contributed by atoms with Crippen LogP contribution in [0, 0.1) is 6.92 Å². The second-order valence-corrected chi connectivity index (χ2v) is 3.67. The van der Waals surface area contributed by atoms with Gasteiger partial charge in [0.25, 0.3) is 0 Å². The molecule has 0 aliphatic rings. The number of nitrogens with one attached hydrogen (secondary N) is 1. The van der Waals surface area contributed by atoms with Crippen LogP contribution in [0.1, 0.15) is 16.1 Å². The molecule has 5 heteroatoms. The highest BCUT2D eigenvalue weighted by molar-refractivity contribution is 5.94. The van der Waals surface area contributed by atoms with E-state index in [4.69, 9.17) is 5.11 Å². The number of aromatic carboxylic acids is 1. The number of anilines is 1. The van der Waals surface area contributed by atoms with Crippen molar-refractivity contribution in [1.29, 1.82) is 0 Å². The standard InChI is InChI=1S/C11H17N3O2/c1-8-6-10(14(3)5-4-12-2)9(7-13-8)11(15)16/h6-7,12H,4-5H2,1-3H3,(H,15,16). The van der Waals surface area contributed by atoms with Crippen molar-refractivity contribution >= 4 is 11.7 Å². The molecule has 0 aliphatic carbocycles. The summed E-state index contributed by atoms with van der Waals surface area (Å²) in [5.41, 5.74) is 1.76. The number of aryl methyl sites for hydroxylation is 1. The van der Waals surface area contributed by atoms with Gasteiger partial charge in [-0.15, -0.1) is 0 Å². The van der Waals surface area contributed by atoms with Crippen molar-refractivity contribution in [2.75, 3.05) is 32.1 Å². The Hall–Kier alpha value is -1.62. The number of carboxylic acid groups (broad SMARTS) is 1. The maximum absolute atomic E-state index is 11.0. The van der Waals surface area contributed by atoms with Crippen LogP contribution in [0.4, 0.5) is 5.69 Å². The van der Waals surface area contributed by atoms with Crippen LogP contribution in [0.3, 0.4) is 0 Å². The van der Waals surface area contributed by atoms with Gasteiger partial charge >= 0.3 is 5.97 Å². The predicted molar refractivity (Wildman–Crippen MR) is 63.1 cm³/mol. The van der Waals surface area contributed by atoms with Gasteiger partial charge in [-0.2, -0.15) is 0 Å². The molecule has 0 bridgehead atoms. The molecule has 0 radical (unpaired) electrons.